The van der Waals surface area contributed by atoms with Gasteiger partial charge < -0.3 is 9.84 Å². The van der Waals surface area contributed by atoms with Crippen LogP contribution >= 0.6 is 0 Å². The van der Waals surface area contributed by atoms with Gasteiger partial charge in [-0.05, 0) is 6.42 Å². The number of carbonyl (C=O) groups is 1. The molecule has 150 valence electrons. The highest BCUT2D eigenvalue weighted by Gasteiger charge is 2.39. The van der Waals surface area contributed by atoms with Crippen molar-refractivity contribution < 1.29 is 27.8 Å². The molecule has 0 unspecified atom stereocenters. The molecule has 0 spiro atoms. The summed E-state index contributed by atoms with van der Waals surface area (Å²) in [5.74, 6) is -3.63. The van der Waals surface area contributed by atoms with Crippen LogP contribution in [0.2, 0.25) is 0 Å². The number of aliphatic hydroxyl groups excluding tert-OH is 1. The Balaban J connectivity index is 3.70. The van der Waals surface area contributed by atoms with Crippen molar-refractivity contribution in [3.05, 3.63) is 22.9 Å². The van der Waals surface area contributed by atoms with Gasteiger partial charge >= 0.3 is 17.8 Å². The van der Waals surface area contributed by atoms with Crippen LogP contribution in [0.5, 0.6) is 0 Å². The van der Waals surface area contributed by atoms with E-state index in [1.54, 1.807) is 0 Å². The first-order valence-electron chi connectivity index (χ1n) is 9.39. The van der Waals surface area contributed by atoms with Crippen LogP contribution in [0.3, 0.4) is 0 Å². The first-order valence-corrected chi connectivity index (χ1v) is 9.39. The molecule has 0 heterocycles. The van der Waals surface area contributed by atoms with Crippen molar-refractivity contribution in [2.45, 2.75) is 90.1 Å². The Kier molecular flexibility index (Phi) is 13.5. The van der Waals surface area contributed by atoms with Crippen LogP contribution in [0.4, 0.5) is 13.2 Å². The van der Waals surface area contributed by atoms with Crippen LogP contribution in [0.25, 0.3) is 4.85 Å². The van der Waals surface area contributed by atoms with Gasteiger partial charge in [0.1, 0.15) is 0 Å². The lowest BCUT2D eigenvalue weighted by Gasteiger charge is -2.08. The number of rotatable bonds is 14. The number of carbonyl (C=O) groups excluding carboxylic acids is 1. The lowest BCUT2D eigenvalue weighted by atomic mass is 10.1. The van der Waals surface area contributed by atoms with E-state index in [1.807, 2.05) is 0 Å². The van der Waals surface area contributed by atoms with Gasteiger partial charge in [-0.1, -0.05) is 77.6 Å². The third-order valence-electron chi connectivity index (χ3n) is 4.03. The predicted octanol–water partition coefficient (Wildman–Crippen LogP) is 6.48. The van der Waals surface area contributed by atoms with Gasteiger partial charge in [0.2, 0.25) is 5.76 Å². The van der Waals surface area contributed by atoms with E-state index < -0.39 is 23.6 Å². The highest BCUT2D eigenvalue weighted by molar-refractivity contribution is 5.91. The molecular weight excluding hydrogens is 347 g/mol. The third kappa shape index (κ3) is 11.8. The Morgan fingerprint density at radius 2 is 1.35 bits per heavy atom. The topological polar surface area (TPSA) is 50.9 Å². The van der Waals surface area contributed by atoms with Crippen LogP contribution in [-0.2, 0) is 9.53 Å². The monoisotopic (exact) mass is 377 g/mol. The summed E-state index contributed by atoms with van der Waals surface area (Å²) in [6.45, 7) is 8.73. The SMILES string of the molecule is [C-]#[N+]C(C(=O)OCCCCCCCCCCCCCC)=C(O)C(F)(F)F. The molecule has 0 aliphatic carbocycles. The van der Waals surface area contributed by atoms with E-state index in [0.717, 1.165) is 25.7 Å². The van der Waals surface area contributed by atoms with Gasteiger partial charge in [-0.15, -0.1) is 0 Å². The number of aliphatic hydroxyl groups is 1. The van der Waals surface area contributed by atoms with Crippen molar-refractivity contribution in [2.24, 2.45) is 0 Å². The minimum absolute atomic E-state index is 0.0551. The zero-order chi connectivity index (χ0) is 19.8. The van der Waals surface area contributed by atoms with Crippen molar-refractivity contribution in [1.29, 1.82) is 0 Å². The Bertz CT molecular complexity index is 468. The molecule has 0 aromatic carbocycles. The number of hydrogen-bond donors (Lipinski definition) is 1. The minimum Gasteiger partial charge on any atom is -0.515 e. The molecule has 0 aliphatic rings. The minimum atomic E-state index is -5.13. The third-order valence-corrected chi connectivity index (χ3v) is 4.03. The summed E-state index contributed by atoms with van der Waals surface area (Å²) in [7, 11) is 0. The van der Waals surface area contributed by atoms with Crippen molar-refractivity contribution in [2.75, 3.05) is 6.61 Å². The zero-order valence-electron chi connectivity index (χ0n) is 15.5. The van der Waals surface area contributed by atoms with Crippen molar-refractivity contribution in [3.8, 4) is 0 Å². The Morgan fingerprint density at radius 3 is 1.73 bits per heavy atom. The fourth-order valence-electron chi connectivity index (χ4n) is 2.51. The molecule has 1 N–H and O–H groups in total. The molecule has 0 saturated heterocycles. The van der Waals surface area contributed by atoms with Crippen molar-refractivity contribution in [1.82, 2.24) is 0 Å². The second kappa shape index (κ2) is 14.5. The summed E-state index contributed by atoms with van der Waals surface area (Å²) in [4.78, 5) is 13.8. The molecule has 0 saturated carbocycles. The fraction of sp³-hybridized carbons (Fsp3) is 0.789. The molecule has 0 aromatic heterocycles. The number of halogens is 3. The maximum atomic E-state index is 12.3. The van der Waals surface area contributed by atoms with Crippen molar-refractivity contribution >= 4 is 5.97 Å². The number of hydrogen-bond acceptors (Lipinski definition) is 3. The molecule has 7 heteroatoms. The van der Waals surface area contributed by atoms with Gasteiger partial charge in [0, 0.05) is 0 Å². The average Bonchev–Trinajstić information content (AvgIpc) is 2.58. The van der Waals surface area contributed by atoms with Crippen LogP contribution < -0.4 is 0 Å². The quantitative estimate of drug-likeness (QED) is 0.124. The largest absolute Gasteiger partial charge is 0.515 e. The maximum absolute atomic E-state index is 12.3. The lowest BCUT2D eigenvalue weighted by Crippen LogP contribution is -2.18. The summed E-state index contributed by atoms with van der Waals surface area (Å²) >= 11 is 0. The van der Waals surface area contributed by atoms with Crippen molar-refractivity contribution in [3.63, 3.8) is 0 Å². The van der Waals surface area contributed by atoms with Crippen LogP contribution in [-0.4, -0.2) is 23.9 Å². The normalized spacial score (nSPS) is 12.4. The van der Waals surface area contributed by atoms with Gasteiger partial charge in [-0.25, -0.2) is 4.85 Å². The number of alkyl halides is 3. The standard InChI is InChI=1S/C19H30F3NO3/c1-3-4-5-6-7-8-9-10-11-12-13-14-15-26-18(25)16(23-2)17(24)19(20,21)22/h24H,3-15H2,1H3. The van der Waals surface area contributed by atoms with Gasteiger partial charge in [-0.2, -0.15) is 13.2 Å². The molecule has 0 aliphatic heterocycles. The second-order valence-electron chi connectivity index (χ2n) is 6.33. The smallest absolute Gasteiger partial charge is 0.438 e. The van der Waals surface area contributed by atoms with E-state index in [-0.39, 0.29) is 6.61 Å². The van der Waals surface area contributed by atoms with Crippen LogP contribution in [0.15, 0.2) is 11.5 Å². The molecule has 0 fully saturated rings. The molecule has 0 radical (unpaired) electrons. The van der Waals surface area contributed by atoms with E-state index in [2.05, 4.69) is 16.5 Å². The van der Waals surface area contributed by atoms with E-state index >= 15 is 0 Å². The Hall–Kier alpha value is -1.71. The lowest BCUT2D eigenvalue weighted by molar-refractivity contribution is -0.142. The van der Waals surface area contributed by atoms with E-state index in [1.165, 1.54) is 44.9 Å². The first-order chi connectivity index (χ1) is 12.3. The number of esters is 1. The highest BCUT2D eigenvalue weighted by atomic mass is 19.4. The van der Waals surface area contributed by atoms with Gasteiger partial charge in [-0.3, -0.25) is 4.79 Å². The van der Waals surface area contributed by atoms with Gasteiger partial charge in [0.25, 0.3) is 0 Å². The molecule has 0 aromatic rings. The molecule has 0 amide bonds. The predicted molar refractivity (Wildman–Crippen MR) is 94.3 cm³/mol. The zero-order valence-corrected chi connectivity index (χ0v) is 15.5. The second-order valence-corrected chi connectivity index (χ2v) is 6.33. The molecule has 26 heavy (non-hydrogen) atoms. The molecule has 0 rings (SSSR count). The summed E-state index contributed by atoms with van der Waals surface area (Å²) in [6, 6.07) is 0. The Morgan fingerprint density at radius 1 is 0.923 bits per heavy atom. The number of ether oxygens (including phenoxy) is 1. The summed E-state index contributed by atoms with van der Waals surface area (Å²) in [5, 5.41) is 8.86. The van der Waals surface area contributed by atoms with Crippen LogP contribution in [0, 0.1) is 6.57 Å². The van der Waals surface area contributed by atoms with E-state index in [9.17, 15) is 18.0 Å². The molecule has 0 atom stereocenters. The van der Waals surface area contributed by atoms with Gasteiger partial charge in [0.15, 0.2) is 0 Å². The highest BCUT2D eigenvalue weighted by Crippen LogP contribution is 2.27. The van der Waals surface area contributed by atoms with E-state index in [4.69, 9.17) is 11.7 Å². The molecule has 0 bridgehead atoms. The Labute approximate surface area is 154 Å². The number of unbranched alkanes of at least 4 members (excludes halogenated alkanes) is 11. The molecular formula is C19H30F3NO3. The average molecular weight is 377 g/mol. The van der Waals surface area contributed by atoms with E-state index in [0.29, 0.717) is 6.42 Å². The number of allylic oxidation sites excluding steroid dienone is 1. The number of nitrogens with zero attached hydrogens (tertiary/aromatic N) is 1. The molecule has 4 nitrogen and oxygen atoms in total. The maximum Gasteiger partial charge on any atom is 0.438 e. The summed E-state index contributed by atoms with van der Waals surface area (Å²) in [6.07, 6.45) is 8.41. The van der Waals surface area contributed by atoms with Crippen LogP contribution in [0.1, 0.15) is 84.0 Å². The summed E-state index contributed by atoms with van der Waals surface area (Å²) < 4.78 is 41.5. The van der Waals surface area contributed by atoms with Gasteiger partial charge in [0.05, 0.1) is 13.2 Å². The fourth-order valence-corrected chi connectivity index (χ4v) is 2.51. The first kappa shape index (κ1) is 24.3. The summed E-state index contributed by atoms with van der Waals surface area (Å²) in [5.41, 5.74) is -1.42.